The summed E-state index contributed by atoms with van der Waals surface area (Å²) in [7, 11) is 0. The Labute approximate surface area is 370 Å². The SMILES string of the molecule is CC[C@H](C)[C@H](N)C(=O)N[C@@H](CCC(=O)O)C(=O)N[C@@H](CCCN=C(N)N)C(=O)N[C@H](C(=O)N[C@H](C(=O)N[C@@H](Cc1c[nH]c2ccccc12)C(=O)N[C@H](C(=O)O)C(C)C)[C@@H](C)O)[C@@H](C)O. The van der Waals surface area contributed by atoms with E-state index in [-0.39, 0.29) is 44.1 Å². The number of fused-ring (bicyclic) bond motifs is 1. The Morgan fingerprint density at radius 3 is 1.73 bits per heavy atom. The number of carbonyl (C=O) groups excluding carboxylic acids is 6. The second-order valence-electron chi connectivity index (χ2n) is 16.1. The van der Waals surface area contributed by atoms with Crippen LogP contribution in [0, 0.1) is 11.8 Å². The van der Waals surface area contributed by atoms with Gasteiger partial charge in [-0.2, -0.15) is 0 Å². The van der Waals surface area contributed by atoms with Gasteiger partial charge < -0.3 is 74.5 Å². The Bertz CT molecular complexity index is 1970. The van der Waals surface area contributed by atoms with E-state index in [1.165, 1.54) is 0 Å². The van der Waals surface area contributed by atoms with Crippen LogP contribution < -0.4 is 49.1 Å². The zero-order valence-electron chi connectivity index (χ0n) is 36.9. The Hall–Kier alpha value is -6.33. The lowest BCUT2D eigenvalue weighted by atomic mass is 9.98. The molecule has 1 heterocycles. The number of nitrogens with zero attached hydrogens (tertiary/aromatic N) is 1. The molecule has 356 valence electrons. The van der Waals surface area contributed by atoms with E-state index in [1.54, 1.807) is 58.2 Å². The zero-order valence-corrected chi connectivity index (χ0v) is 36.9. The van der Waals surface area contributed by atoms with Crippen LogP contribution in [-0.4, -0.2) is 140 Å². The molecule has 23 nitrogen and oxygen atoms in total. The number of benzene rings is 1. The number of hydrogen-bond acceptors (Lipinski definition) is 12. The average Bonchev–Trinajstić information content (AvgIpc) is 3.63. The number of nitrogens with two attached hydrogens (primary N) is 3. The summed E-state index contributed by atoms with van der Waals surface area (Å²) in [5.41, 5.74) is 18.2. The van der Waals surface area contributed by atoms with Gasteiger partial charge in [-0.3, -0.25) is 38.6 Å². The van der Waals surface area contributed by atoms with Crippen LogP contribution in [0.2, 0.25) is 0 Å². The van der Waals surface area contributed by atoms with Crippen LogP contribution >= 0.6 is 0 Å². The smallest absolute Gasteiger partial charge is 0.326 e. The van der Waals surface area contributed by atoms with Crippen LogP contribution in [0.3, 0.4) is 0 Å². The highest BCUT2D eigenvalue weighted by Crippen LogP contribution is 2.20. The molecule has 2 aromatic rings. The highest BCUT2D eigenvalue weighted by atomic mass is 16.4. The van der Waals surface area contributed by atoms with Crippen molar-refractivity contribution in [3.05, 3.63) is 36.0 Å². The number of aliphatic imine (C=N–C) groups is 1. The first-order chi connectivity index (χ1) is 30.0. The molecule has 23 heteroatoms. The molecule has 17 N–H and O–H groups in total. The molecule has 0 fully saturated rings. The second kappa shape index (κ2) is 25.7. The van der Waals surface area contributed by atoms with Gasteiger partial charge in [0.25, 0.3) is 0 Å². The van der Waals surface area contributed by atoms with E-state index in [4.69, 9.17) is 17.2 Å². The van der Waals surface area contributed by atoms with E-state index >= 15 is 0 Å². The van der Waals surface area contributed by atoms with Crippen molar-refractivity contribution in [2.45, 2.75) is 135 Å². The summed E-state index contributed by atoms with van der Waals surface area (Å²) in [6, 6.07) is -3.30. The van der Waals surface area contributed by atoms with Gasteiger partial charge in [0, 0.05) is 36.5 Å². The van der Waals surface area contributed by atoms with Crippen LogP contribution in [0.5, 0.6) is 0 Å². The lowest BCUT2D eigenvalue weighted by Gasteiger charge is -2.29. The number of carbonyl (C=O) groups is 8. The first-order valence-electron chi connectivity index (χ1n) is 21.0. The molecule has 0 aliphatic rings. The van der Waals surface area contributed by atoms with E-state index < -0.39 is 114 Å². The fourth-order valence-corrected chi connectivity index (χ4v) is 6.43. The number of aliphatic hydroxyl groups excluding tert-OH is 2. The summed E-state index contributed by atoms with van der Waals surface area (Å²) in [5, 5.41) is 55.7. The molecule has 0 radical (unpaired) electrons. The summed E-state index contributed by atoms with van der Waals surface area (Å²) < 4.78 is 0. The van der Waals surface area contributed by atoms with E-state index in [0.717, 1.165) is 19.4 Å². The maximum Gasteiger partial charge on any atom is 0.326 e. The van der Waals surface area contributed by atoms with Crippen molar-refractivity contribution in [3.8, 4) is 0 Å². The van der Waals surface area contributed by atoms with Gasteiger partial charge in [0.1, 0.15) is 36.3 Å². The van der Waals surface area contributed by atoms with Gasteiger partial charge in [-0.05, 0) is 56.6 Å². The topological polar surface area (TPSA) is 396 Å². The predicted molar refractivity (Wildman–Crippen MR) is 234 cm³/mol. The number of nitrogens with one attached hydrogen (secondary N) is 7. The Kier molecular flexibility index (Phi) is 21.6. The quantitative estimate of drug-likeness (QED) is 0.0249. The largest absolute Gasteiger partial charge is 0.481 e. The molecule has 0 aliphatic heterocycles. The van der Waals surface area contributed by atoms with Gasteiger partial charge in [-0.1, -0.05) is 52.3 Å². The van der Waals surface area contributed by atoms with Crippen molar-refractivity contribution >= 4 is 64.2 Å². The van der Waals surface area contributed by atoms with Crippen LogP contribution in [0.1, 0.15) is 79.2 Å². The molecule has 1 aromatic carbocycles. The van der Waals surface area contributed by atoms with E-state index in [9.17, 15) is 58.8 Å². The number of hydrogen-bond donors (Lipinski definition) is 14. The van der Waals surface area contributed by atoms with Crippen LogP contribution in [0.4, 0.5) is 0 Å². The molecule has 0 bridgehead atoms. The molecular weight excluding hydrogens is 839 g/mol. The third kappa shape index (κ3) is 16.7. The number of rotatable bonds is 27. The molecule has 0 saturated carbocycles. The molecular formula is C41H65N11O12. The summed E-state index contributed by atoms with van der Waals surface area (Å²) >= 11 is 0. The Balaban J connectivity index is 2.40. The molecule has 0 unspecified atom stereocenters. The van der Waals surface area contributed by atoms with Crippen molar-refractivity contribution in [2.24, 2.45) is 34.0 Å². The summed E-state index contributed by atoms with van der Waals surface area (Å²) in [6.07, 6.45) is -2.33. The molecule has 64 heavy (non-hydrogen) atoms. The van der Waals surface area contributed by atoms with Gasteiger partial charge in [-0.25, -0.2) is 4.79 Å². The second-order valence-corrected chi connectivity index (χ2v) is 16.1. The van der Waals surface area contributed by atoms with Crippen LogP contribution in [0.25, 0.3) is 10.9 Å². The maximum absolute atomic E-state index is 13.9. The van der Waals surface area contributed by atoms with Crippen LogP contribution in [-0.2, 0) is 44.8 Å². The number of aliphatic hydroxyl groups is 2. The zero-order chi connectivity index (χ0) is 48.4. The van der Waals surface area contributed by atoms with E-state index in [0.29, 0.717) is 17.4 Å². The molecule has 0 spiro atoms. The number of aromatic amines is 1. The lowest BCUT2D eigenvalue weighted by Crippen LogP contribution is -2.63. The number of guanidine groups is 1. The average molecular weight is 904 g/mol. The fraction of sp³-hybridized carbons (Fsp3) is 0.585. The minimum atomic E-state index is -1.83. The minimum Gasteiger partial charge on any atom is -0.481 e. The molecule has 2 rings (SSSR count). The fourth-order valence-electron chi connectivity index (χ4n) is 6.43. The Morgan fingerprint density at radius 1 is 0.688 bits per heavy atom. The number of aromatic nitrogens is 1. The van der Waals surface area contributed by atoms with Gasteiger partial charge in [-0.15, -0.1) is 0 Å². The number of aliphatic carboxylic acids is 2. The highest BCUT2D eigenvalue weighted by molar-refractivity contribution is 5.98. The van der Waals surface area contributed by atoms with E-state index in [1.807, 2.05) is 0 Å². The highest BCUT2D eigenvalue weighted by Gasteiger charge is 2.37. The van der Waals surface area contributed by atoms with Gasteiger partial charge in [0.15, 0.2) is 5.96 Å². The van der Waals surface area contributed by atoms with Crippen molar-refractivity contribution < 1.29 is 58.8 Å². The third-order valence-electron chi connectivity index (χ3n) is 10.5. The first kappa shape index (κ1) is 53.8. The molecule has 1 aromatic heterocycles. The van der Waals surface area contributed by atoms with Gasteiger partial charge in [0.05, 0.1) is 18.2 Å². The number of carboxylic acids is 2. The summed E-state index contributed by atoms with van der Waals surface area (Å²) in [6.45, 7) is 8.96. The minimum absolute atomic E-state index is 0.00974. The normalized spacial score (nSPS) is 16.0. The standard InChI is InChI=1S/C41H65N11O12/c1-7-20(4)30(42)37(60)48-27(14-15-29(55)56)34(57)47-26(13-10-16-45-41(43)44)35(58)51-33(22(6)54)39(62)52-32(21(5)53)38(61)49-28(36(59)50-31(19(2)3)40(63)64)17-23-18-46-25-12-9-8-11-24(23)25/h8-9,11-12,18-22,26-28,30-33,46,53-54H,7,10,13-17,42H2,1-6H3,(H,47,57)(H,48,60)(H,49,61)(H,50,59)(H,51,58)(H,52,62)(H,55,56)(H,63,64)(H4,43,44,45)/t20-,21+,22+,26-,27-,28-,30-,31-,32-,33-/m0/s1. The Morgan fingerprint density at radius 2 is 1.19 bits per heavy atom. The van der Waals surface area contributed by atoms with E-state index in [2.05, 4.69) is 41.9 Å². The number of para-hydroxylation sites is 1. The molecule has 0 saturated heterocycles. The van der Waals surface area contributed by atoms with Crippen LogP contribution in [0.15, 0.2) is 35.5 Å². The number of H-pyrrole nitrogens is 1. The first-order valence-corrected chi connectivity index (χ1v) is 21.0. The van der Waals surface area contributed by atoms with Crippen molar-refractivity contribution in [1.82, 2.24) is 36.9 Å². The lowest BCUT2D eigenvalue weighted by molar-refractivity contribution is -0.143. The molecule has 0 aliphatic carbocycles. The van der Waals surface area contributed by atoms with Crippen molar-refractivity contribution in [1.29, 1.82) is 0 Å². The van der Waals surface area contributed by atoms with Gasteiger partial charge >= 0.3 is 11.9 Å². The predicted octanol–water partition coefficient (Wildman–Crippen LogP) is -2.59. The number of amides is 6. The molecule has 10 atom stereocenters. The summed E-state index contributed by atoms with van der Waals surface area (Å²) in [5.74, 6) is -9.56. The maximum atomic E-state index is 13.9. The van der Waals surface area contributed by atoms with Gasteiger partial charge in [0.2, 0.25) is 35.4 Å². The monoisotopic (exact) mass is 903 g/mol. The molecule has 6 amide bonds. The van der Waals surface area contributed by atoms with Crippen molar-refractivity contribution in [3.63, 3.8) is 0 Å². The summed E-state index contributed by atoms with van der Waals surface area (Å²) in [4.78, 5) is 112. The van der Waals surface area contributed by atoms with Crippen molar-refractivity contribution in [2.75, 3.05) is 6.54 Å². The third-order valence-corrected chi connectivity index (χ3v) is 10.5. The number of carboxylic acid groups (broad SMARTS) is 2.